The van der Waals surface area contributed by atoms with E-state index in [0.29, 0.717) is 31.9 Å². The van der Waals surface area contributed by atoms with Crippen LogP contribution in [0, 0.1) is 6.92 Å². The first-order chi connectivity index (χ1) is 13.4. The van der Waals surface area contributed by atoms with Crippen LogP contribution in [0.2, 0.25) is 0 Å². The van der Waals surface area contributed by atoms with Crippen LogP contribution >= 0.6 is 0 Å². The smallest absolute Gasteiger partial charge is 0.338 e. The molecule has 3 rings (SSSR count). The molecule has 1 aliphatic rings. The molecule has 1 aliphatic heterocycles. The Bertz CT molecular complexity index is 945. The maximum atomic E-state index is 12.6. The lowest BCUT2D eigenvalue weighted by Crippen LogP contribution is -2.40. The summed E-state index contributed by atoms with van der Waals surface area (Å²) in [6.07, 6.45) is 0. The van der Waals surface area contributed by atoms with E-state index in [1.807, 2.05) is 6.92 Å². The summed E-state index contributed by atoms with van der Waals surface area (Å²) < 4.78 is 36.7. The fourth-order valence-electron chi connectivity index (χ4n) is 2.74. The quantitative estimate of drug-likeness (QED) is 0.542. The van der Waals surface area contributed by atoms with Gasteiger partial charge in [0.1, 0.15) is 0 Å². The standard InChI is InChI=1S/C20H21NO6S/c1-15-2-4-17(5-3-15)20(23)27-14-19(22)16-6-8-18(9-7-16)28(24,25)21-10-12-26-13-11-21/h2-9H,10-14H2,1H3. The number of hydrogen-bond donors (Lipinski definition) is 0. The van der Waals surface area contributed by atoms with Gasteiger partial charge in [0.15, 0.2) is 12.4 Å². The van der Waals surface area contributed by atoms with Crippen molar-refractivity contribution in [1.82, 2.24) is 4.31 Å². The molecule has 8 heteroatoms. The van der Waals surface area contributed by atoms with Gasteiger partial charge in [-0.3, -0.25) is 4.79 Å². The van der Waals surface area contributed by atoms with E-state index in [0.717, 1.165) is 5.56 Å². The molecule has 1 fully saturated rings. The zero-order valence-corrected chi connectivity index (χ0v) is 16.3. The first-order valence-electron chi connectivity index (χ1n) is 8.83. The van der Waals surface area contributed by atoms with E-state index < -0.39 is 28.4 Å². The molecule has 0 bridgehead atoms. The van der Waals surface area contributed by atoms with Crippen LogP contribution in [0.25, 0.3) is 0 Å². The lowest BCUT2D eigenvalue weighted by molar-refractivity contribution is 0.0474. The van der Waals surface area contributed by atoms with Gasteiger partial charge >= 0.3 is 5.97 Å². The molecular weight excluding hydrogens is 382 g/mol. The van der Waals surface area contributed by atoms with Crippen molar-refractivity contribution < 1.29 is 27.5 Å². The Morgan fingerprint density at radius 3 is 2.14 bits per heavy atom. The van der Waals surface area contributed by atoms with Gasteiger partial charge in [0, 0.05) is 18.7 Å². The Kier molecular flexibility index (Phi) is 6.23. The third kappa shape index (κ3) is 4.64. The van der Waals surface area contributed by atoms with Crippen molar-refractivity contribution in [2.24, 2.45) is 0 Å². The molecule has 2 aromatic rings. The van der Waals surface area contributed by atoms with Crippen molar-refractivity contribution in [2.75, 3.05) is 32.9 Å². The second-order valence-corrected chi connectivity index (χ2v) is 8.34. The number of benzene rings is 2. The summed E-state index contributed by atoms with van der Waals surface area (Å²) in [4.78, 5) is 24.3. The van der Waals surface area contributed by atoms with Crippen LogP contribution in [0.15, 0.2) is 53.4 Å². The van der Waals surface area contributed by atoms with Gasteiger partial charge in [0.2, 0.25) is 10.0 Å². The maximum absolute atomic E-state index is 12.6. The molecule has 0 amide bonds. The van der Waals surface area contributed by atoms with Crippen molar-refractivity contribution in [2.45, 2.75) is 11.8 Å². The summed E-state index contributed by atoms with van der Waals surface area (Å²) in [5.41, 5.74) is 1.66. The van der Waals surface area contributed by atoms with Gasteiger partial charge in [-0.25, -0.2) is 13.2 Å². The molecule has 28 heavy (non-hydrogen) atoms. The molecule has 0 radical (unpaired) electrons. The van der Waals surface area contributed by atoms with Gasteiger partial charge in [0.05, 0.1) is 23.7 Å². The largest absolute Gasteiger partial charge is 0.454 e. The van der Waals surface area contributed by atoms with Crippen LogP contribution in [0.1, 0.15) is 26.3 Å². The third-order valence-corrected chi connectivity index (χ3v) is 6.32. The number of rotatable bonds is 6. The normalized spacial score (nSPS) is 15.2. The number of nitrogens with zero attached hydrogens (tertiary/aromatic N) is 1. The van der Waals surface area contributed by atoms with Gasteiger partial charge in [0.25, 0.3) is 0 Å². The Morgan fingerprint density at radius 1 is 0.964 bits per heavy atom. The number of esters is 1. The minimum Gasteiger partial charge on any atom is -0.454 e. The highest BCUT2D eigenvalue weighted by Crippen LogP contribution is 2.18. The summed E-state index contributed by atoms with van der Waals surface area (Å²) in [5.74, 6) is -0.990. The summed E-state index contributed by atoms with van der Waals surface area (Å²) in [7, 11) is -3.61. The first kappa shape index (κ1) is 20.2. The predicted octanol–water partition coefficient (Wildman–Crippen LogP) is 2.06. The summed E-state index contributed by atoms with van der Waals surface area (Å²) in [6.45, 7) is 2.82. The van der Waals surface area contributed by atoms with E-state index in [9.17, 15) is 18.0 Å². The number of ketones is 1. The molecule has 0 aromatic heterocycles. The highest BCUT2D eigenvalue weighted by molar-refractivity contribution is 7.89. The molecule has 1 saturated heterocycles. The predicted molar refractivity (Wildman–Crippen MR) is 102 cm³/mol. The van der Waals surface area contributed by atoms with Gasteiger partial charge in [-0.1, -0.05) is 17.7 Å². The molecule has 2 aromatic carbocycles. The SMILES string of the molecule is Cc1ccc(C(=O)OCC(=O)c2ccc(S(=O)(=O)N3CCOCC3)cc2)cc1. The number of aryl methyl sites for hydroxylation is 1. The van der Waals surface area contributed by atoms with E-state index in [4.69, 9.17) is 9.47 Å². The Hall–Kier alpha value is -2.55. The Labute approximate surface area is 163 Å². The minimum absolute atomic E-state index is 0.114. The first-order valence-corrected chi connectivity index (χ1v) is 10.3. The highest BCUT2D eigenvalue weighted by atomic mass is 32.2. The highest BCUT2D eigenvalue weighted by Gasteiger charge is 2.26. The van der Waals surface area contributed by atoms with Crippen molar-refractivity contribution in [1.29, 1.82) is 0 Å². The summed E-state index contributed by atoms with van der Waals surface area (Å²) >= 11 is 0. The van der Waals surface area contributed by atoms with E-state index in [1.54, 1.807) is 24.3 Å². The molecule has 1 heterocycles. The van der Waals surface area contributed by atoms with Crippen molar-refractivity contribution >= 4 is 21.8 Å². The second-order valence-electron chi connectivity index (χ2n) is 6.41. The maximum Gasteiger partial charge on any atom is 0.338 e. The van der Waals surface area contributed by atoms with Gasteiger partial charge in [-0.2, -0.15) is 4.31 Å². The summed E-state index contributed by atoms with van der Waals surface area (Å²) in [5, 5.41) is 0. The Morgan fingerprint density at radius 2 is 1.54 bits per heavy atom. The third-order valence-electron chi connectivity index (χ3n) is 4.41. The summed E-state index contributed by atoms with van der Waals surface area (Å²) in [6, 6.07) is 12.5. The lowest BCUT2D eigenvalue weighted by Gasteiger charge is -2.26. The number of hydrogen-bond acceptors (Lipinski definition) is 6. The van der Waals surface area contributed by atoms with Crippen LogP contribution < -0.4 is 0 Å². The lowest BCUT2D eigenvalue weighted by atomic mass is 10.1. The molecule has 0 unspecified atom stereocenters. The van der Waals surface area contributed by atoms with E-state index in [2.05, 4.69) is 0 Å². The van der Waals surface area contributed by atoms with E-state index in [1.165, 1.54) is 28.6 Å². The number of carbonyl (C=O) groups excluding carboxylic acids is 2. The van der Waals surface area contributed by atoms with Crippen LogP contribution in [-0.2, 0) is 19.5 Å². The molecular formula is C20H21NO6S. The average Bonchev–Trinajstić information content (AvgIpc) is 2.73. The topological polar surface area (TPSA) is 90.0 Å². The van der Waals surface area contributed by atoms with E-state index >= 15 is 0 Å². The Balaban J connectivity index is 1.62. The number of morpholine rings is 1. The number of carbonyl (C=O) groups is 2. The molecule has 0 N–H and O–H groups in total. The van der Waals surface area contributed by atoms with E-state index in [-0.39, 0.29) is 10.5 Å². The monoisotopic (exact) mass is 403 g/mol. The average molecular weight is 403 g/mol. The zero-order chi connectivity index (χ0) is 20.1. The second kappa shape index (κ2) is 8.64. The van der Waals surface area contributed by atoms with Crippen molar-refractivity contribution in [3.05, 3.63) is 65.2 Å². The molecule has 7 nitrogen and oxygen atoms in total. The molecule has 148 valence electrons. The molecule has 0 saturated carbocycles. The van der Waals surface area contributed by atoms with Gasteiger partial charge < -0.3 is 9.47 Å². The fraction of sp³-hybridized carbons (Fsp3) is 0.300. The van der Waals surface area contributed by atoms with Crippen LogP contribution in [0.4, 0.5) is 0 Å². The van der Waals surface area contributed by atoms with Crippen molar-refractivity contribution in [3.8, 4) is 0 Å². The molecule has 0 spiro atoms. The van der Waals surface area contributed by atoms with Gasteiger partial charge in [-0.15, -0.1) is 0 Å². The van der Waals surface area contributed by atoms with Crippen LogP contribution in [-0.4, -0.2) is 57.4 Å². The number of sulfonamides is 1. The van der Waals surface area contributed by atoms with Crippen LogP contribution in [0.5, 0.6) is 0 Å². The van der Waals surface area contributed by atoms with Crippen molar-refractivity contribution in [3.63, 3.8) is 0 Å². The zero-order valence-electron chi connectivity index (χ0n) is 15.5. The molecule has 0 aliphatic carbocycles. The number of ether oxygens (including phenoxy) is 2. The van der Waals surface area contributed by atoms with Gasteiger partial charge in [-0.05, 0) is 43.3 Å². The number of Topliss-reactive ketones (excluding diaryl/α,β-unsaturated/α-hetero) is 1. The molecule has 0 atom stereocenters. The van der Waals surface area contributed by atoms with Crippen LogP contribution in [0.3, 0.4) is 0 Å². The fourth-order valence-corrected chi connectivity index (χ4v) is 4.14. The minimum atomic E-state index is -3.61.